The normalized spacial score (nSPS) is 20.2. The van der Waals surface area contributed by atoms with Crippen molar-refractivity contribution in [2.24, 2.45) is 11.1 Å². The quantitative estimate of drug-likeness (QED) is 0.219. The lowest BCUT2D eigenvalue weighted by atomic mass is 9.81. The first-order chi connectivity index (χ1) is 14.3. The third-order valence-corrected chi connectivity index (χ3v) is 5.69. The van der Waals surface area contributed by atoms with Crippen LogP contribution in [-0.4, -0.2) is 61.9 Å². The number of aromatic amines is 1. The van der Waals surface area contributed by atoms with E-state index in [-0.39, 0.29) is 23.0 Å². The maximum atomic E-state index is 13.0. The molecule has 1 aliphatic carbocycles. The lowest BCUT2D eigenvalue weighted by Crippen LogP contribution is -2.46. The molecule has 12 heteroatoms. The molecule has 1 saturated carbocycles. The van der Waals surface area contributed by atoms with Crippen molar-refractivity contribution in [1.29, 1.82) is 0 Å². The van der Waals surface area contributed by atoms with E-state index >= 15 is 0 Å². The number of amides is 2. The van der Waals surface area contributed by atoms with E-state index in [2.05, 4.69) is 20.6 Å². The van der Waals surface area contributed by atoms with Crippen LogP contribution < -0.4 is 10.9 Å². The molecule has 1 saturated heterocycles. The standard InChI is InChI=1S/C18H20F2N6O4/c19-18(20)6-11(7-18)17(29)23-15(24-30)12-8-21-26-13(5-14(28)22-16(12)26)10-1-3-25(9-27)4-2-10/h5,8-11,30H,1-4,6-7H2,(H,22,28)(H,23,24,29). The lowest BCUT2D eigenvalue weighted by molar-refractivity contribution is -0.148. The summed E-state index contributed by atoms with van der Waals surface area (Å²) in [7, 11) is 0. The fraction of sp³-hybridized carbons (Fsp3) is 0.500. The molecular formula is C18H20F2N6O4. The van der Waals surface area contributed by atoms with Crippen molar-refractivity contribution < 1.29 is 23.6 Å². The fourth-order valence-corrected chi connectivity index (χ4v) is 3.99. The van der Waals surface area contributed by atoms with Crippen LogP contribution in [0.15, 0.2) is 22.2 Å². The molecule has 3 heterocycles. The van der Waals surface area contributed by atoms with Gasteiger partial charge in [0.15, 0.2) is 5.84 Å². The molecule has 0 bridgehead atoms. The van der Waals surface area contributed by atoms with Crippen LogP contribution >= 0.6 is 0 Å². The average molecular weight is 422 g/mol. The zero-order valence-electron chi connectivity index (χ0n) is 15.8. The van der Waals surface area contributed by atoms with E-state index in [1.807, 2.05) is 0 Å². The van der Waals surface area contributed by atoms with E-state index < -0.39 is 36.1 Å². The number of carbonyl (C=O) groups excluding carboxylic acids is 2. The number of rotatable bonds is 4. The van der Waals surface area contributed by atoms with Crippen molar-refractivity contribution >= 4 is 23.8 Å². The van der Waals surface area contributed by atoms with Crippen molar-refractivity contribution in [3.05, 3.63) is 33.9 Å². The first kappa shape index (κ1) is 20.0. The second kappa shape index (κ2) is 7.50. The Morgan fingerprint density at radius 2 is 2.07 bits per heavy atom. The van der Waals surface area contributed by atoms with E-state index in [0.29, 0.717) is 31.6 Å². The molecule has 1 aliphatic heterocycles. The van der Waals surface area contributed by atoms with Gasteiger partial charge in [-0.2, -0.15) is 5.10 Å². The number of H-pyrrole nitrogens is 1. The van der Waals surface area contributed by atoms with Crippen LogP contribution in [0, 0.1) is 5.92 Å². The number of aromatic nitrogens is 3. The van der Waals surface area contributed by atoms with Crippen LogP contribution in [0.4, 0.5) is 8.78 Å². The van der Waals surface area contributed by atoms with E-state index in [1.54, 1.807) is 4.90 Å². The second-order valence-corrected chi connectivity index (χ2v) is 7.69. The van der Waals surface area contributed by atoms with Crippen molar-refractivity contribution in [2.45, 2.75) is 37.5 Å². The van der Waals surface area contributed by atoms with Gasteiger partial charge in [-0.05, 0) is 12.8 Å². The van der Waals surface area contributed by atoms with Gasteiger partial charge in [-0.25, -0.2) is 13.3 Å². The molecule has 2 aliphatic rings. The summed E-state index contributed by atoms with van der Waals surface area (Å²) >= 11 is 0. The minimum Gasteiger partial charge on any atom is -0.409 e. The number of alkyl halides is 2. The van der Waals surface area contributed by atoms with Crippen LogP contribution in [-0.2, 0) is 9.59 Å². The van der Waals surface area contributed by atoms with Gasteiger partial charge in [-0.1, -0.05) is 5.16 Å². The summed E-state index contributed by atoms with van der Waals surface area (Å²) in [6, 6.07) is 1.43. The number of hydrogen-bond donors (Lipinski definition) is 3. The molecule has 0 radical (unpaired) electrons. The predicted octanol–water partition coefficient (Wildman–Crippen LogP) is 0.656. The summed E-state index contributed by atoms with van der Waals surface area (Å²) in [5, 5.41) is 19.0. The topological polar surface area (TPSA) is 132 Å². The SMILES string of the molecule is O=CN1CCC(c2cc(=O)[nH]c3c(/C(=N\O)NC(=O)C4CC(F)(F)C4)cnn23)CC1. The van der Waals surface area contributed by atoms with Gasteiger partial charge in [0.2, 0.25) is 18.2 Å². The van der Waals surface area contributed by atoms with Crippen molar-refractivity contribution in [3.8, 4) is 0 Å². The summed E-state index contributed by atoms with van der Waals surface area (Å²) in [6.45, 7) is 1.12. The zero-order valence-corrected chi connectivity index (χ0v) is 15.8. The summed E-state index contributed by atoms with van der Waals surface area (Å²) in [5.74, 6) is -4.72. The average Bonchev–Trinajstić information content (AvgIpc) is 3.13. The van der Waals surface area contributed by atoms with Gasteiger partial charge < -0.3 is 20.4 Å². The zero-order chi connectivity index (χ0) is 21.5. The number of halogens is 2. The number of nitrogens with one attached hydrogen (secondary N) is 2. The Kier molecular flexibility index (Phi) is 5.00. The van der Waals surface area contributed by atoms with E-state index in [1.165, 1.54) is 16.8 Å². The number of carbonyl (C=O) groups is 2. The Labute approximate surface area is 168 Å². The second-order valence-electron chi connectivity index (χ2n) is 7.69. The minimum absolute atomic E-state index is 0.0138. The van der Waals surface area contributed by atoms with Gasteiger partial charge >= 0.3 is 0 Å². The Morgan fingerprint density at radius 3 is 2.67 bits per heavy atom. The highest BCUT2D eigenvalue weighted by molar-refractivity contribution is 6.11. The number of nitrogens with zero attached hydrogens (tertiary/aromatic N) is 4. The smallest absolute Gasteiger partial charge is 0.251 e. The lowest BCUT2D eigenvalue weighted by Gasteiger charge is -2.33. The largest absolute Gasteiger partial charge is 0.409 e. The van der Waals surface area contributed by atoms with Crippen molar-refractivity contribution in [2.75, 3.05) is 13.1 Å². The molecular weight excluding hydrogens is 402 g/mol. The molecule has 10 nitrogen and oxygen atoms in total. The van der Waals surface area contributed by atoms with Crippen LogP contribution in [0.5, 0.6) is 0 Å². The van der Waals surface area contributed by atoms with E-state index in [0.717, 1.165) is 6.41 Å². The van der Waals surface area contributed by atoms with E-state index in [9.17, 15) is 28.4 Å². The predicted molar refractivity (Wildman–Crippen MR) is 99.6 cm³/mol. The molecule has 30 heavy (non-hydrogen) atoms. The number of fused-ring (bicyclic) bond motifs is 1. The Morgan fingerprint density at radius 1 is 1.37 bits per heavy atom. The molecule has 0 spiro atoms. The monoisotopic (exact) mass is 422 g/mol. The molecule has 0 unspecified atom stereocenters. The van der Waals surface area contributed by atoms with Crippen LogP contribution in [0.3, 0.4) is 0 Å². The van der Waals surface area contributed by atoms with Crippen molar-refractivity contribution in [1.82, 2.24) is 24.8 Å². The number of oxime groups is 1. The van der Waals surface area contributed by atoms with Crippen LogP contribution in [0.2, 0.25) is 0 Å². The number of likely N-dealkylation sites (tertiary alicyclic amines) is 1. The number of hydrogen-bond acceptors (Lipinski definition) is 6. The Bertz CT molecular complexity index is 1060. The van der Waals surface area contributed by atoms with Gasteiger partial charge in [0.05, 0.1) is 17.5 Å². The molecule has 0 atom stereocenters. The summed E-state index contributed by atoms with van der Waals surface area (Å²) in [4.78, 5) is 39.6. The highest BCUT2D eigenvalue weighted by atomic mass is 19.3. The van der Waals surface area contributed by atoms with Gasteiger partial charge in [-0.3, -0.25) is 14.4 Å². The molecule has 2 aromatic heterocycles. The van der Waals surface area contributed by atoms with E-state index in [4.69, 9.17) is 0 Å². The van der Waals surface area contributed by atoms with Crippen molar-refractivity contribution in [3.63, 3.8) is 0 Å². The maximum absolute atomic E-state index is 13.0. The molecule has 0 aromatic carbocycles. The van der Waals surface area contributed by atoms with Gasteiger partial charge in [0.1, 0.15) is 5.65 Å². The first-order valence-corrected chi connectivity index (χ1v) is 9.53. The number of amidine groups is 1. The molecule has 2 amide bonds. The molecule has 2 aromatic rings. The third kappa shape index (κ3) is 3.64. The Hall–Kier alpha value is -3.31. The summed E-state index contributed by atoms with van der Waals surface area (Å²) < 4.78 is 27.5. The Balaban J connectivity index is 1.61. The van der Waals surface area contributed by atoms with Gasteiger partial charge in [0.25, 0.3) is 5.56 Å². The summed E-state index contributed by atoms with van der Waals surface area (Å²) in [5.41, 5.74) is 0.593. The third-order valence-electron chi connectivity index (χ3n) is 5.69. The molecule has 3 N–H and O–H groups in total. The van der Waals surface area contributed by atoms with Gasteiger partial charge in [-0.15, -0.1) is 0 Å². The first-order valence-electron chi connectivity index (χ1n) is 9.53. The molecule has 160 valence electrons. The highest BCUT2D eigenvalue weighted by Gasteiger charge is 2.49. The van der Waals surface area contributed by atoms with Crippen LogP contribution in [0.1, 0.15) is 42.9 Å². The molecule has 4 rings (SSSR count). The summed E-state index contributed by atoms with van der Waals surface area (Å²) in [6.07, 6.45) is 2.29. The minimum atomic E-state index is -2.86. The molecule has 2 fully saturated rings. The van der Waals surface area contributed by atoms with Gasteiger partial charge in [0, 0.05) is 43.8 Å². The highest BCUT2D eigenvalue weighted by Crippen LogP contribution is 2.42. The van der Waals surface area contributed by atoms with Crippen LogP contribution in [0.25, 0.3) is 5.65 Å². The maximum Gasteiger partial charge on any atom is 0.251 e. The number of piperidine rings is 1. The fourth-order valence-electron chi connectivity index (χ4n) is 3.99.